The van der Waals surface area contributed by atoms with Crippen LogP contribution in [0.4, 0.5) is 0 Å². The number of hydrogen-bond donors (Lipinski definition) is 2. The molecule has 0 saturated heterocycles. The molecule has 0 aromatic heterocycles. The molecule has 0 spiro atoms. The Bertz CT molecular complexity index is 183. The lowest BCUT2D eigenvalue weighted by Crippen LogP contribution is -2.13. The van der Waals surface area contributed by atoms with Crippen molar-refractivity contribution in [1.82, 2.24) is 0 Å². The molecule has 0 atom stereocenters. The van der Waals surface area contributed by atoms with Gasteiger partial charge in [0.25, 0.3) is 0 Å². The minimum absolute atomic E-state index is 0.425. The van der Waals surface area contributed by atoms with Gasteiger partial charge in [0.2, 0.25) is 0 Å². The van der Waals surface area contributed by atoms with Gasteiger partial charge in [-0.2, -0.15) is 0 Å². The minimum atomic E-state index is -0.667. The van der Waals surface area contributed by atoms with Crippen LogP contribution in [0.15, 0.2) is 12.2 Å². The van der Waals surface area contributed by atoms with Crippen LogP contribution in [0.3, 0.4) is 0 Å². The Morgan fingerprint density at radius 1 is 1.55 bits per heavy atom. The van der Waals surface area contributed by atoms with Gasteiger partial charge in [-0.25, -0.2) is 0 Å². The molecule has 0 unspecified atom stereocenters. The largest absolute Gasteiger partial charge is 0.481 e. The van der Waals surface area contributed by atoms with Crippen molar-refractivity contribution in [2.45, 2.75) is 19.3 Å². The van der Waals surface area contributed by atoms with Crippen molar-refractivity contribution < 1.29 is 9.90 Å². The summed E-state index contributed by atoms with van der Waals surface area (Å²) in [4.78, 5) is 10.6. The summed E-state index contributed by atoms with van der Waals surface area (Å²) >= 11 is 0. The average Bonchev–Trinajstić information content (AvgIpc) is 2.70. The van der Waals surface area contributed by atoms with Crippen molar-refractivity contribution in [3.05, 3.63) is 12.2 Å². The first kappa shape index (κ1) is 8.27. The van der Waals surface area contributed by atoms with Crippen LogP contribution in [0.2, 0.25) is 0 Å². The van der Waals surface area contributed by atoms with E-state index >= 15 is 0 Å². The standard InChI is InChI=1S/C8H13NO2/c9-6-2-1-3-8(4-5-8)7(10)11/h1-2H,3-6,9H2,(H,10,11). The molecular weight excluding hydrogens is 142 g/mol. The fourth-order valence-corrected chi connectivity index (χ4v) is 1.06. The Balaban J connectivity index is 2.36. The number of rotatable bonds is 4. The molecule has 62 valence electrons. The van der Waals surface area contributed by atoms with Gasteiger partial charge in [0, 0.05) is 6.54 Å². The molecule has 0 heterocycles. The van der Waals surface area contributed by atoms with Gasteiger partial charge in [-0.3, -0.25) is 4.79 Å². The Morgan fingerprint density at radius 2 is 2.18 bits per heavy atom. The molecule has 0 radical (unpaired) electrons. The van der Waals surface area contributed by atoms with Crippen LogP contribution in [0.25, 0.3) is 0 Å². The molecule has 1 fully saturated rings. The average molecular weight is 155 g/mol. The highest BCUT2D eigenvalue weighted by Crippen LogP contribution is 2.49. The Hall–Kier alpha value is -0.830. The first-order chi connectivity index (χ1) is 5.21. The first-order valence-electron chi connectivity index (χ1n) is 3.80. The van der Waals surface area contributed by atoms with Crippen molar-refractivity contribution in [1.29, 1.82) is 0 Å². The van der Waals surface area contributed by atoms with Crippen LogP contribution in [-0.2, 0) is 4.79 Å². The lowest BCUT2D eigenvalue weighted by Gasteiger charge is -2.03. The molecule has 3 heteroatoms. The normalized spacial score (nSPS) is 20.5. The summed E-state index contributed by atoms with van der Waals surface area (Å²) in [6.45, 7) is 0.496. The maximum Gasteiger partial charge on any atom is 0.309 e. The topological polar surface area (TPSA) is 63.3 Å². The van der Waals surface area contributed by atoms with Crippen molar-refractivity contribution in [2.75, 3.05) is 6.54 Å². The molecule has 0 amide bonds. The monoisotopic (exact) mass is 155 g/mol. The van der Waals surface area contributed by atoms with Crippen LogP contribution in [0, 0.1) is 5.41 Å². The Kier molecular flexibility index (Phi) is 2.29. The lowest BCUT2D eigenvalue weighted by atomic mass is 10.0. The van der Waals surface area contributed by atoms with Crippen LogP contribution in [0.1, 0.15) is 19.3 Å². The second-order valence-electron chi connectivity index (χ2n) is 3.00. The zero-order valence-electron chi connectivity index (χ0n) is 6.42. The Labute approximate surface area is 65.9 Å². The van der Waals surface area contributed by atoms with Gasteiger partial charge in [0.1, 0.15) is 0 Å². The minimum Gasteiger partial charge on any atom is -0.481 e. The zero-order valence-corrected chi connectivity index (χ0v) is 6.42. The summed E-state index contributed by atoms with van der Waals surface area (Å²) in [5.41, 5.74) is 4.80. The summed E-state index contributed by atoms with van der Waals surface area (Å²) in [6, 6.07) is 0. The third-order valence-corrected chi connectivity index (χ3v) is 2.12. The van der Waals surface area contributed by atoms with Crippen LogP contribution < -0.4 is 5.73 Å². The molecule has 0 aromatic rings. The fourth-order valence-electron chi connectivity index (χ4n) is 1.06. The van der Waals surface area contributed by atoms with Gasteiger partial charge in [-0.05, 0) is 19.3 Å². The van der Waals surface area contributed by atoms with Crippen molar-refractivity contribution in [3.8, 4) is 0 Å². The molecule has 0 aromatic carbocycles. The van der Waals surface area contributed by atoms with E-state index in [9.17, 15) is 4.79 Å². The quantitative estimate of drug-likeness (QED) is 0.589. The van der Waals surface area contributed by atoms with E-state index in [1.54, 1.807) is 0 Å². The van der Waals surface area contributed by atoms with E-state index in [0.717, 1.165) is 12.8 Å². The Morgan fingerprint density at radius 3 is 2.55 bits per heavy atom. The third-order valence-electron chi connectivity index (χ3n) is 2.12. The van der Waals surface area contributed by atoms with Gasteiger partial charge < -0.3 is 10.8 Å². The molecule has 11 heavy (non-hydrogen) atoms. The number of carbonyl (C=O) groups is 1. The molecule has 1 aliphatic carbocycles. The lowest BCUT2D eigenvalue weighted by molar-refractivity contribution is -0.143. The number of allylic oxidation sites excluding steroid dienone is 1. The molecule has 1 aliphatic rings. The smallest absolute Gasteiger partial charge is 0.309 e. The molecule has 3 nitrogen and oxygen atoms in total. The van der Waals surface area contributed by atoms with Crippen LogP contribution in [0.5, 0.6) is 0 Å². The fraction of sp³-hybridized carbons (Fsp3) is 0.625. The summed E-state index contributed by atoms with van der Waals surface area (Å²) < 4.78 is 0. The summed E-state index contributed by atoms with van der Waals surface area (Å²) in [6.07, 6.45) is 5.94. The van der Waals surface area contributed by atoms with E-state index < -0.39 is 11.4 Å². The predicted molar refractivity (Wildman–Crippen MR) is 42.1 cm³/mol. The second-order valence-corrected chi connectivity index (χ2v) is 3.00. The molecule has 3 N–H and O–H groups in total. The third kappa shape index (κ3) is 1.80. The SMILES string of the molecule is NCC=CCC1(C(=O)O)CC1. The second kappa shape index (κ2) is 3.05. The number of aliphatic carboxylic acids is 1. The molecule has 1 rings (SSSR count). The van der Waals surface area contributed by atoms with E-state index in [1.165, 1.54) is 0 Å². The maximum atomic E-state index is 10.6. The molecular formula is C8H13NO2. The molecule has 1 saturated carbocycles. The summed E-state index contributed by atoms with van der Waals surface area (Å²) in [7, 11) is 0. The van der Waals surface area contributed by atoms with Gasteiger partial charge in [0.15, 0.2) is 0 Å². The predicted octanol–water partition coefficient (Wildman–Crippen LogP) is 0.756. The first-order valence-corrected chi connectivity index (χ1v) is 3.80. The van der Waals surface area contributed by atoms with Crippen molar-refractivity contribution in [3.63, 3.8) is 0 Å². The number of carboxylic acids is 1. The van der Waals surface area contributed by atoms with E-state index in [1.807, 2.05) is 12.2 Å². The number of hydrogen-bond acceptors (Lipinski definition) is 2. The maximum absolute atomic E-state index is 10.6. The highest BCUT2D eigenvalue weighted by molar-refractivity contribution is 5.77. The van der Waals surface area contributed by atoms with Gasteiger partial charge in [0.05, 0.1) is 5.41 Å². The van der Waals surface area contributed by atoms with E-state index in [2.05, 4.69) is 0 Å². The van der Waals surface area contributed by atoms with Gasteiger partial charge in [-0.1, -0.05) is 12.2 Å². The van der Waals surface area contributed by atoms with Crippen LogP contribution >= 0.6 is 0 Å². The summed E-state index contributed by atoms with van der Waals surface area (Å²) in [5, 5.41) is 8.74. The van der Waals surface area contributed by atoms with Crippen molar-refractivity contribution >= 4 is 5.97 Å². The van der Waals surface area contributed by atoms with Gasteiger partial charge in [-0.15, -0.1) is 0 Å². The van der Waals surface area contributed by atoms with Gasteiger partial charge >= 0.3 is 5.97 Å². The van der Waals surface area contributed by atoms with E-state index in [4.69, 9.17) is 10.8 Å². The highest BCUT2D eigenvalue weighted by atomic mass is 16.4. The number of carboxylic acid groups (broad SMARTS) is 1. The zero-order chi connectivity index (χ0) is 8.32. The van der Waals surface area contributed by atoms with E-state index in [0.29, 0.717) is 13.0 Å². The van der Waals surface area contributed by atoms with E-state index in [-0.39, 0.29) is 0 Å². The van der Waals surface area contributed by atoms with Crippen LogP contribution in [-0.4, -0.2) is 17.6 Å². The summed E-state index contributed by atoms with van der Waals surface area (Å²) in [5.74, 6) is -0.667. The molecule has 0 bridgehead atoms. The molecule has 0 aliphatic heterocycles. The number of nitrogens with two attached hydrogens (primary N) is 1. The highest BCUT2D eigenvalue weighted by Gasteiger charge is 2.48. The van der Waals surface area contributed by atoms with Crippen molar-refractivity contribution in [2.24, 2.45) is 11.1 Å².